The summed E-state index contributed by atoms with van der Waals surface area (Å²) in [7, 11) is 3.71. The lowest BCUT2D eigenvalue weighted by atomic mass is 10.1. The van der Waals surface area contributed by atoms with Crippen molar-refractivity contribution in [1.82, 2.24) is 19.0 Å². The van der Waals surface area contributed by atoms with Crippen LogP contribution in [-0.4, -0.2) is 51.2 Å². The van der Waals surface area contributed by atoms with Crippen molar-refractivity contribution in [2.24, 2.45) is 12.8 Å². The zero-order chi connectivity index (χ0) is 25.5. The van der Waals surface area contributed by atoms with Gasteiger partial charge in [0.05, 0.1) is 23.8 Å². The molecular weight excluding hydrogens is 462 g/mol. The van der Waals surface area contributed by atoms with Crippen LogP contribution in [0, 0.1) is 0 Å². The highest BCUT2D eigenvalue weighted by molar-refractivity contribution is 5.98. The Morgan fingerprint density at radius 3 is 2.65 bits per heavy atom. The van der Waals surface area contributed by atoms with Gasteiger partial charge in [-0.25, -0.2) is 4.98 Å². The van der Waals surface area contributed by atoms with E-state index in [2.05, 4.69) is 51.6 Å². The third-order valence-corrected chi connectivity index (χ3v) is 7.41. The third-order valence-electron chi connectivity index (χ3n) is 7.41. The number of carbonyl (C=O) groups is 1. The molecule has 1 aliphatic heterocycles. The van der Waals surface area contributed by atoms with Gasteiger partial charge in [0, 0.05) is 49.2 Å². The Balaban J connectivity index is 1.41. The van der Waals surface area contributed by atoms with Gasteiger partial charge in [-0.2, -0.15) is 0 Å². The molecule has 37 heavy (non-hydrogen) atoms. The summed E-state index contributed by atoms with van der Waals surface area (Å²) >= 11 is 0. The average molecular weight is 494 g/mol. The highest BCUT2D eigenvalue weighted by Gasteiger charge is 2.23. The minimum Gasteiger partial charge on any atom is -0.497 e. The number of benzene rings is 3. The van der Waals surface area contributed by atoms with Gasteiger partial charge in [-0.1, -0.05) is 30.3 Å². The quantitative estimate of drug-likeness (QED) is 0.381. The highest BCUT2D eigenvalue weighted by Crippen LogP contribution is 2.31. The number of carbonyl (C=O) groups excluding carboxylic acids is 1. The largest absolute Gasteiger partial charge is 0.497 e. The Morgan fingerprint density at radius 2 is 1.86 bits per heavy atom. The van der Waals surface area contributed by atoms with Crippen molar-refractivity contribution in [3.63, 3.8) is 0 Å². The molecule has 1 atom stereocenters. The number of aromatic nitrogens is 3. The first-order chi connectivity index (χ1) is 18.0. The molecule has 3 heterocycles. The van der Waals surface area contributed by atoms with E-state index in [0.717, 1.165) is 58.6 Å². The molecular formula is C30H31N5O2. The second-order valence-corrected chi connectivity index (χ2v) is 9.87. The molecule has 0 radical (unpaired) electrons. The van der Waals surface area contributed by atoms with Crippen LogP contribution in [0.3, 0.4) is 0 Å². The third kappa shape index (κ3) is 4.25. The van der Waals surface area contributed by atoms with Crippen LogP contribution in [0.5, 0.6) is 5.75 Å². The van der Waals surface area contributed by atoms with Crippen LogP contribution < -0.4 is 10.5 Å². The van der Waals surface area contributed by atoms with Gasteiger partial charge < -0.3 is 24.5 Å². The zero-order valence-corrected chi connectivity index (χ0v) is 21.2. The smallest absolute Gasteiger partial charge is 0.253 e. The molecule has 3 aromatic carbocycles. The van der Waals surface area contributed by atoms with Crippen molar-refractivity contribution < 1.29 is 9.53 Å². The normalized spacial score (nSPS) is 16.0. The lowest BCUT2D eigenvalue weighted by molar-refractivity contribution is 0.0709. The van der Waals surface area contributed by atoms with E-state index in [9.17, 15) is 4.79 Å². The van der Waals surface area contributed by atoms with Crippen LogP contribution in [0.15, 0.2) is 72.8 Å². The van der Waals surface area contributed by atoms with Crippen LogP contribution >= 0.6 is 0 Å². The summed E-state index contributed by atoms with van der Waals surface area (Å²) in [6, 6.07) is 24.6. The molecule has 2 N–H and O–H groups in total. The summed E-state index contributed by atoms with van der Waals surface area (Å²) in [5, 5.41) is 1.16. The van der Waals surface area contributed by atoms with Crippen molar-refractivity contribution in [1.29, 1.82) is 0 Å². The standard InChI is InChI=1S/C30H31N5O2/c1-33-27-14-11-22(30(36)34-15-5-7-23(31)19-34)16-25(27)32-29(33)28-17-21-6-3-4-8-26(21)35(28)18-20-9-12-24(37-2)13-10-20/h3-4,6,8-14,16-17,23H,5,7,15,18-19,31H2,1-2H3/t23-/m1/s1. The molecule has 0 spiro atoms. The van der Waals surface area contributed by atoms with Gasteiger partial charge >= 0.3 is 0 Å². The van der Waals surface area contributed by atoms with Crippen LogP contribution in [0.4, 0.5) is 0 Å². The first-order valence-corrected chi connectivity index (χ1v) is 12.7. The van der Waals surface area contributed by atoms with Crippen LogP contribution in [0.25, 0.3) is 33.5 Å². The number of ether oxygens (including phenoxy) is 1. The number of nitrogens with zero attached hydrogens (tertiary/aromatic N) is 4. The predicted molar refractivity (Wildman–Crippen MR) is 147 cm³/mol. The second-order valence-electron chi connectivity index (χ2n) is 9.87. The molecule has 0 bridgehead atoms. The fourth-order valence-corrected chi connectivity index (χ4v) is 5.42. The number of para-hydroxylation sites is 1. The molecule has 7 nitrogen and oxygen atoms in total. The van der Waals surface area contributed by atoms with E-state index in [1.54, 1.807) is 7.11 Å². The minimum atomic E-state index is 0.0258. The van der Waals surface area contributed by atoms with Gasteiger partial charge in [-0.05, 0) is 60.9 Å². The minimum absolute atomic E-state index is 0.0258. The van der Waals surface area contributed by atoms with E-state index in [1.807, 2.05) is 42.3 Å². The number of fused-ring (bicyclic) bond motifs is 2. The molecule has 188 valence electrons. The van der Waals surface area contributed by atoms with Crippen LogP contribution in [0.1, 0.15) is 28.8 Å². The highest BCUT2D eigenvalue weighted by atomic mass is 16.5. The number of aryl methyl sites for hydroxylation is 1. The number of likely N-dealkylation sites (tertiary alicyclic amines) is 1. The van der Waals surface area contributed by atoms with E-state index in [0.29, 0.717) is 18.7 Å². The first kappa shape index (κ1) is 23.3. The molecule has 1 aliphatic rings. The molecule has 0 aliphatic carbocycles. The van der Waals surface area contributed by atoms with Crippen LogP contribution in [0.2, 0.25) is 0 Å². The summed E-state index contributed by atoms with van der Waals surface area (Å²) < 4.78 is 9.75. The van der Waals surface area contributed by atoms with Crippen molar-refractivity contribution in [2.45, 2.75) is 25.4 Å². The molecule has 0 saturated carbocycles. The second kappa shape index (κ2) is 9.41. The first-order valence-electron chi connectivity index (χ1n) is 12.7. The topological polar surface area (TPSA) is 78.3 Å². The number of piperidine rings is 1. The number of methoxy groups -OCH3 is 1. The monoisotopic (exact) mass is 493 g/mol. The van der Waals surface area contributed by atoms with Gasteiger partial charge in [0.15, 0.2) is 5.82 Å². The lowest BCUT2D eigenvalue weighted by Gasteiger charge is -2.30. The van der Waals surface area contributed by atoms with E-state index < -0.39 is 0 Å². The van der Waals surface area contributed by atoms with Gasteiger partial charge in [-0.3, -0.25) is 4.79 Å². The average Bonchev–Trinajstić information content (AvgIpc) is 3.45. The van der Waals surface area contributed by atoms with E-state index in [4.69, 9.17) is 15.5 Å². The molecule has 2 aromatic heterocycles. The van der Waals surface area contributed by atoms with Crippen molar-refractivity contribution in [2.75, 3.05) is 20.2 Å². The molecule has 1 saturated heterocycles. The van der Waals surface area contributed by atoms with Gasteiger partial charge in [0.25, 0.3) is 5.91 Å². The zero-order valence-electron chi connectivity index (χ0n) is 21.2. The summed E-state index contributed by atoms with van der Waals surface area (Å²) in [6.07, 6.45) is 1.92. The van der Waals surface area contributed by atoms with Crippen molar-refractivity contribution in [3.05, 3.63) is 83.9 Å². The Morgan fingerprint density at radius 1 is 1.05 bits per heavy atom. The molecule has 1 fully saturated rings. The number of rotatable bonds is 5. The fourth-order valence-electron chi connectivity index (χ4n) is 5.42. The molecule has 0 unspecified atom stereocenters. The Bertz CT molecular complexity index is 1600. The van der Waals surface area contributed by atoms with Gasteiger partial charge in [0.2, 0.25) is 0 Å². The van der Waals surface area contributed by atoms with Gasteiger partial charge in [-0.15, -0.1) is 0 Å². The molecule has 7 heteroatoms. The summed E-state index contributed by atoms with van der Waals surface area (Å²) in [5.74, 6) is 1.73. The number of amides is 1. The van der Waals surface area contributed by atoms with E-state index in [1.165, 1.54) is 5.56 Å². The Kier molecular flexibility index (Phi) is 5.93. The molecule has 5 aromatic rings. The predicted octanol–water partition coefficient (Wildman–Crippen LogP) is 4.82. The van der Waals surface area contributed by atoms with E-state index in [-0.39, 0.29) is 11.9 Å². The number of nitrogens with two attached hydrogens (primary N) is 1. The molecule has 1 amide bonds. The SMILES string of the molecule is COc1ccc(Cn2c(-c3nc4cc(C(=O)N5CCC[C@@H](N)C5)ccc4n3C)cc3ccccc32)cc1. The fraction of sp³-hybridized carbons (Fsp3) is 0.267. The Labute approximate surface area is 216 Å². The maximum atomic E-state index is 13.2. The number of imidazole rings is 1. The van der Waals surface area contributed by atoms with Crippen LogP contribution in [-0.2, 0) is 13.6 Å². The van der Waals surface area contributed by atoms with Gasteiger partial charge in [0.1, 0.15) is 5.75 Å². The van der Waals surface area contributed by atoms with Crippen molar-refractivity contribution in [3.8, 4) is 17.3 Å². The number of hydrogen-bond donors (Lipinski definition) is 1. The Hall–Kier alpha value is -4.10. The summed E-state index contributed by atoms with van der Waals surface area (Å²) in [4.78, 5) is 20.1. The number of hydrogen-bond acceptors (Lipinski definition) is 4. The molecule has 6 rings (SSSR count). The maximum absolute atomic E-state index is 13.2. The van der Waals surface area contributed by atoms with E-state index >= 15 is 0 Å². The summed E-state index contributed by atoms with van der Waals surface area (Å²) in [5.41, 5.74) is 11.9. The summed E-state index contributed by atoms with van der Waals surface area (Å²) in [6.45, 7) is 2.06. The van der Waals surface area contributed by atoms with Crippen molar-refractivity contribution >= 4 is 27.8 Å². The lowest BCUT2D eigenvalue weighted by Crippen LogP contribution is -2.45. The maximum Gasteiger partial charge on any atom is 0.253 e.